The van der Waals surface area contributed by atoms with E-state index < -0.39 is 11.5 Å². The lowest BCUT2D eigenvalue weighted by Gasteiger charge is -2.27. The van der Waals surface area contributed by atoms with Crippen LogP contribution in [0.1, 0.15) is 33.6 Å². The topological polar surface area (TPSA) is 75.6 Å². The molecule has 0 aliphatic carbocycles. The molecule has 0 radical (unpaired) electrons. The minimum Gasteiger partial charge on any atom is -0.480 e. The third kappa shape index (κ3) is 2.52. The van der Waals surface area contributed by atoms with Crippen LogP contribution in [0.25, 0.3) is 0 Å². The lowest BCUT2D eigenvalue weighted by molar-refractivity contribution is -0.148. The summed E-state index contributed by atoms with van der Waals surface area (Å²) in [5.74, 6) is -1.46. The summed E-state index contributed by atoms with van der Waals surface area (Å²) < 4.78 is 5.29. The van der Waals surface area contributed by atoms with Gasteiger partial charge in [-0.15, -0.1) is 0 Å². The molecule has 5 nitrogen and oxygen atoms in total. The molecule has 92 valence electrons. The third-order valence-electron chi connectivity index (χ3n) is 3.29. The first-order valence-electron chi connectivity index (χ1n) is 5.57. The second-order valence-corrected chi connectivity index (χ2v) is 4.45. The zero-order chi connectivity index (χ0) is 12.3. The van der Waals surface area contributed by atoms with Crippen molar-refractivity contribution < 1.29 is 19.4 Å². The summed E-state index contributed by atoms with van der Waals surface area (Å²) in [6.07, 6.45) is 0.887. The van der Waals surface area contributed by atoms with Crippen LogP contribution in [0.5, 0.6) is 0 Å². The molecule has 1 amide bonds. The standard InChI is InChI=1S/C11H19NO4/c1-4-11(3,10(14)15)12-9(13)8-5-6-16-7(8)2/h7-8H,4-6H2,1-3H3,(H,12,13)(H,14,15). The molecule has 1 fully saturated rings. The summed E-state index contributed by atoms with van der Waals surface area (Å²) in [7, 11) is 0. The minimum atomic E-state index is -1.18. The quantitative estimate of drug-likeness (QED) is 0.747. The molecule has 5 heteroatoms. The predicted octanol–water partition coefficient (Wildman–Crippen LogP) is 0.781. The van der Waals surface area contributed by atoms with E-state index in [-0.39, 0.29) is 17.9 Å². The van der Waals surface area contributed by atoms with E-state index in [4.69, 9.17) is 9.84 Å². The SMILES string of the molecule is CCC(C)(NC(=O)C1CCOC1C)C(=O)O. The summed E-state index contributed by atoms with van der Waals surface area (Å²) in [5, 5.41) is 11.6. The van der Waals surface area contributed by atoms with Gasteiger partial charge >= 0.3 is 5.97 Å². The predicted molar refractivity (Wildman–Crippen MR) is 58.0 cm³/mol. The maximum absolute atomic E-state index is 11.9. The van der Waals surface area contributed by atoms with Gasteiger partial charge in [0.2, 0.25) is 5.91 Å². The molecule has 2 N–H and O–H groups in total. The van der Waals surface area contributed by atoms with Gasteiger partial charge in [0, 0.05) is 6.61 Å². The van der Waals surface area contributed by atoms with E-state index in [9.17, 15) is 9.59 Å². The second-order valence-electron chi connectivity index (χ2n) is 4.45. The van der Waals surface area contributed by atoms with Crippen LogP contribution < -0.4 is 5.32 Å². The van der Waals surface area contributed by atoms with E-state index >= 15 is 0 Å². The zero-order valence-corrected chi connectivity index (χ0v) is 9.95. The largest absolute Gasteiger partial charge is 0.480 e. The lowest BCUT2D eigenvalue weighted by Crippen LogP contribution is -2.54. The molecule has 0 aromatic carbocycles. The fourth-order valence-corrected chi connectivity index (χ4v) is 1.73. The summed E-state index contributed by atoms with van der Waals surface area (Å²) >= 11 is 0. The number of ether oxygens (including phenoxy) is 1. The average molecular weight is 229 g/mol. The van der Waals surface area contributed by atoms with Crippen molar-refractivity contribution in [3.63, 3.8) is 0 Å². The van der Waals surface area contributed by atoms with Crippen molar-refractivity contribution in [2.75, 3.05) is 6.61 Å². The molecule has 1 heterocycles. The molecule has 1 aliphatic heterocycles. The number of carboxylic acid groups (broad SMARTS) is 1. The highest BCUT2D eigenvalue weighted by molar-refractivity contribution is 5.88. The van der Waals surface area contributed by atoms with Crippen LogP contribution in [-0.4, -0.2) is 35.2 Å². The second kappa shape index (κ2) is 4.82. The first kappa shape index (κ1) is 13.0. The molecule has 0 saturated carbocycles. The number of carboxylic acids is 1. The molecule has 1 aliphatic rings. The van der Waals surface area contributed by atoms with Crippen molar-refractivity contribution in [3.05, 3.63) is 0 Å². The molecule has 1 rings (SSSR count). The Morgan fingerprint density at radius 2 is 2.19 bits per heavy atom. The fourth-order valence-electron chi connectivity index (χ4n) is 1.73. The number of hydrogen-bond acceptors (Lipinski definition) is 3. The number of aliphatic carboxylic acids is 1. The molecule has 1 saturated heterocycles. The Kier molecular flexibility index (Phi) is 3.91. The Morgan fingerprint density at radius 1 is 1.56 bits per heavy atom. The number of carbonyl (C=O) groups excluding carboxylic acids is 1. The number of amides is 1. The van der Waals surface area contributed by atoms with Crippen LogP contribution in [0.3, 0.4) is 0 Å². The number of nitrogens with one attached hydrogen (secondary N) is 1. The van der Waals surface area contributed by atoms with Crippen molar-refractivity contribution in [2.45, 2.75) is 45.3 Å². The normalized spacial score (nSPS) is 28.4. The molecular weight excluding hydrogens is 210 g/mol. The van der Waals surface area contributed by atoms with Crippen LogP contribution in [0.2, 0.25) is 0 Å². The molecule has 0 aromatic heterocycles. The van der Waals surface area contributed by atoms with Crippen LogP contribution in [-0.2, 0) is 14.3 Å². The van der Waals surface area contributed by atoms with Gasteiger partial charge in [-0.25, -0.2) is 4.79 Å². The van der Waals surface area contributed by atoms with E-state index in [2.05, 4.69) is 5.32 Å². The molecule has 0 spiro atoms. The highest BCUT2D eigenvalue weighted by atomic mass is 16.5. The van der Waals surface area contributed by atoms with Gasteiger partial charge in [0.15, 0.2) is 0 Å². The summed E-state index contributed by atoms with van der Waals surface area (Å²) in [6, 6.07) is 0. The molecule has 3 atom stereocenters. The van der Waals surface area contributed by atoms with E-state index in [0.717, 1.165) is 0 Å². The summed E-state index contributed by atoms with van der Waals surface area (Å²) in [5.41, 5.74) is -1.18. The Hall–Kier alpha value is -1.10. The van der Waals surface area contributed by atoms with E-state index in [0.29, 0.717) is 19.4 Å². The van der Waals surface area contributed by atoms with E-state index in [1.807, 2.05) is 6.92 Å². The van der Waals surface area contributed by atoms with Crippen molar-refractivity contribution in [1.82, 2.24) is 5.32 Å². The number of hydrogen-bond donors (Lipinski definition) is 2. The van der Waals surface area contributed by atoms with E-state index in [1.54, 1.807) is 6.92 Å². The number of carbonyl (C=O) groups is 2. The van der Waals surface area contributed by atoms with Crippen LogP contribution in [0.4, 0.5) is 0 Å². The van der Waals surface area contributed by atoms with Gasteiger partial charge in [0.25, 0.3) is 0 Å². The van der Waals surface area contributed by atoms with Crippen LogP contribution in [0, 0.1) is 5.92 Å². The van der Waals surface area contributed by atoms with Gasteiger partial charge in [-0.05, 0) is 26.7 Å². The van der Waals surface area contributed by atoms with Crippen LogP contribution in [0.15, 0.2) is 0 Å². The minimum absolute atomic E-state index is 0.130. The van der Waals surface area contributed by atoms with Gasteiger partial charge in [-0.3, -0.25) is 4.79 Å². The van der Waals surface area contributed by atoms with Gasteiger partial charge in [0.05, 0.1) is 12.0 Å². The monoisotopic (exact) mass is 229 g/mol. The zero-order valence-electron chi connectivity index (χ0n) is 9.95. The maximum Gasteiger partial charge on any atom is 0.329 e. The third-order valence-corrected chi connectivity index (χ3v) is 3.29. The Bertz CT molecular complexity index is 292. The first-order valence-corrected chi connectivity index (χ1v) is 5.57. The molecule has 0 bridgehead atoms. The molecular formula is C11H19NO4. The summed E-state index contributed by atoms with van der Waals surface area (Å²) in [4.78, 5) is 22.9. The maximum atomic E-state index is 11.9. The van der Waals surface area contributed by atoms with Gasteiger partial charge in [-0.1, -0.05) is 6.92 Å². The van der Waals surface area contributed by atoms with Crippen molar-refractivity contribution in [2.24, 2.45) is 5.92 Å². The smallest absolute Gasteiger partial charge is 0.329 e. The fraction of sp³-hybridized carbons (Fsp3) is 0.818. The van der Waals surface area contributed by atoms with Crippen molar-refractivity contribution >= 4 is 11.9 Å². The lowest BCUT2D eigenvalue weighted by atomic mass is 9.95. The van der Waals surface area contributed by atoms with Crippen molar-refractivity contribution in [3.8, 4) is 0 Å². The highest BCUT2D eigenvalue weighted by Crippen LogP contribution is 2.22. The van der Waals surface area contributed by atoms with E-state index in [1.165, 1.54) is 6.92 Å². The molecule has 16 heavy (non-hydrogen) atoms. The summed E-state index contributed by atoms with van der Waals surface area (Å²) in [6.45, 7) is 5.66. The molecule has 3 unspecified atom stereocenters. The van der Waals surface area contributed by atoms with Gasteiger partial charge in [0.1, 0.15) is 5.54 Å². The molecule has 0 aromatic rings. The van der Waals surface area contributed by atoms with Crippen molar-refractivity contribution in [1.29, 1.82) is 0 Å². The van der Waals surface area contributed by atoms with Gasteiger partial charge in [-0.2, -0.15) is 0 Å². The Balaban J connectivity index is 2.65. The van der Waals surface area contributed by atoms with Crippen LogP contribution >= 0.6 is 0 Å². The Labute approximate surface area is 95.2 Å². The average Bonchev–Trinajstić information content (AvgIpc) is 2.64. The Morgan fingerprint density at radius 3 is 2.56 bits per heavy atom. The first-order chi connectivity index (χ1) is 7.40. The number of rotatable bonds is 4. The highest BCUT2D eigenvalue weighted by Gasteiger charge is 2.38. The van der Waals surface area contributed by atoms with Gasteiger partial charge < -0.3 is 15.2 Å².